The van der Waals surface area contributed by atoms with Crippen LogP contribution < -0.4 is 11.1 Å². The number of nitrogens with two attached hydrogens (primary N) is 1. The van der Waals surface area contributed by atoms with Gasteiger partial charge in [0, 0.05) is 34.8 Å². The number of anilines is 1. The molecule has 0 aliphatic heterocycles. The summed E-state index contributed by atoms with van der Waals surface area (Å²) in [5, 5.41) is 5.78. The SMILES string of the molecule is Cl.Cl.N[C@H](Cc1sc2c(NCc3cccs3)cc(Cl)nc2c1Br)CC(F)F. The first-order valence-electron chi connectivity index (χ1n) is 7.51. The molecule has 3 N–H and O–H groups in total. The lowest BCUT2D eigenvalue weighted by Crippen LogP contribution is -2.25. The van der Waals surface area contributed by atoms with Gasteiger partial charge in [-0.2, -0.15) is 0 Å². The molecule has 0 aliphatic carbocycles. The summed E-state index contributed by atoms with van der Waals surface area (Å²) in [6.07, 6.45) is -2.36. The monoisotopic (exact) mass is 537 g/mol. The number of fused-ring (bicyclic) bond motifs is 1. The maximum atomic E-state index is 12.5. The molecular formula is C16H17BrCl3F2N3S2. The smallest absolute Gasteiger partial charge is 0.240 e. The lowest BCUT2D eigenvalue weighted by Gasteiger charge is -2.09. The van der Waals surface area contributed by atoms with Crippen LogP contribution >= 0.6 is 75.0 Å². The third-order valence-corrected chi connectivity index (χ3v) is 7.00. The highest BCUT2D eigenvalue weighted by atomic mass is 79.9. The molecule has 3 rings (SSSR count). The van der Waals surface area contributed by atoms with Crippen LogP contribution in [-0.2, 0) is 13.0 Å². The van der Waals surface area contributed by atoms with Crippen LogP contribution in [0.15, 0.2) is 28.1 Å². The fraction of sp³-hybridized carbons (Fsp3) is 0.312. The standard InChI is InChI=1S/C16H15BrClF2N3S2.2ClH/c17-14-11(4-8(21)5-13(19)20)25-16-10(6-12(18)23-15(14)16)22-7-9-2-1-3-24-9;;/h1-3,6,8,13H,4-5,7,21H2,(H,22,23);2*1H/t8-;;/m1../s1. The van der Waals surface area contributed by atoms with E-state index in [1.54, 1.807) is 17.4 Å². The highest BCUT2D eigenvalue weighted by molar-refractivity contribution is 9.10. The molecule has 1 atom stereocenters. The Hall–Kier alpha value is -0.220. The van der Waals surface area contributed by atoms with Crippen LogP contribution in [0.25, 0.3) is 10.2 Å². The number of nitrogens with one attached hydrogen (secondary N) is 1. The van der Waals surface area contributed by atoms with Crippen LogP contribution in [0.2, 0.25) is 5.15 Å². The average Bonchev–Trinajstić information content (AvgIpc) is 3.14. The zero-order valence-electron chi connectivity index (χ0n) is 13.8. The Morgan fingerprint density at radius 1 is 1.33 bits per heavy atom. The molecule has 3 nitrogen and oxygen atoms in total. The van der Waals surface area contributed by atoms with Crippen LogP contribution in [0.5, 0.6) is 0 Å². The van der Waals surface area contributed by atoms with Crippen LogP contribution in [0.1, 0.15) is 16.2 Å². The van der Waals surface area contributed by atoms with Crippen molar-refractivity contribution in [2.45, 2.75) is 31.9 Å². The Morgan fingerprint density at radius 3 is 2.70 bits per heavy atom. The number of pyridine rings is 1. The topological polar surface area (TPSA) is 50.9 Å². The summed E-state index contributed by atoms with van der Waals surface area (Å²) in [7, 11) is 0. The van der Waals surface area contributed by atoms with Gasteiger partial charge in [-0.15, -0.1) is 47.5 Å². The zero-order valence-corrected chi connectivity index (χ0v) is 19.4. The van der Waals surface area contributed by atoms with Gasteiger partial charge >= 0.3 is 0 Å². The zero-order chi connectivity index (χ0) is 18.0. The fourth-order valence-corrected chi connectivity index (χ4v) is 5.34. The van der Waals surface area contributed by atoms with Crippen LogP contribution in [0.3, 0.4) is 0 Å². The Bertz CT molecular complexity index is 862. The lowest BCUT2D eigenvalue weighted by molar-refractivity contribution is 0.128. The van der Waals surface area contributed by atoms with E-state index in [9.17, 15) is 8.78 Å². The van der Waals surface area contributed by atoms with E-state index in [1.165, 1.54) is 16.2 Å². The van der Waals surface area contributed by atoms with E-state index in [4.69, 9.17) is 17.3 Å². The predicted molar refractivity (Wildman–Crippen MR) is 121 cm³/mol. The van der Waals surface area contributed by atoms with Crippen molar-refractivity contribution in [1.29, 1.82) is 0 Å². The van der Waals surface area contributed by atoms with E-state index < -0.39 is 12.5 Å². The molecule has 0 spiro atoms. The second kappa shape index (κ2) is 11.1. The van der Waals surface area contributed by atoms with Gasteiger partial charge in [0.25, 0.3) is 0 Å². The number of hydrogen-bond acceptors (Lipinski definition) is 5. The summed E-state index contributed by atoms with van der Waals surface area (Å²) in [6, 6.07) is 5.24. The van der Waals surface area contributed by atoms with Crippen LogP contribution in [-0.4, -0.2) is 17.5 Å². The number of alkyl halides is 2. The highest BCUT2D eigenvalue weighted by Gasteiger charge is 2.19. The minimum atomic E-state index is -2.40. The van der Waals surface area contributed by atoms with Crippen molar-refractivity contribution in [1.82, 2.24) is 4.98 Å². The summed E-state index contributed by atoms with van der Waals surface area (Å²) < 4.78 is 26.7. The molecule has 11 heteroatoms. The van der Waals surface area contributed by atoms with E-state index in [0.717, 1.165) is 25.3 Å². The van der Waals surface area contributed by atoms with E-state index in [0.29, 0.717) is 18.1 Å². The summed E-state index contributed by atoms with van der Waals surface area (Å²) in [6.45, 7) is 0.683. The van der Waals surface area contributed by atoms with Crippen LogP contribution in [0.4, 0.5) is 14.5 Å². The van der Waals surface area contributed by atoms with Crippen molar-refractivity contribution in [3.8, 4) is 0 Å². The van der Waals surface area contributed by atoms with Crippen molar-refractivity contribution in [2.24, 2.45) is 5.73 Å². The van der Waals surface area contributed by atoms with E-state index in [-0.39, 0.29) is 31.2 Å². The van der Waals surface area contributed by atoms with Gasteiger partial charge in [0.1, 0.15) is 5.15 Å². The second-order valence-electron chi connectivity index (χ2n) is 5.53. The van der Waals surface area contributed by atoms with Gasteiger partial charge in [-0.3, -0.25) is 0 Å². The Morgan fingerprint density at radius 2 is 2.07 bits per heavy atom. The summed E-state index contributed by atoms with van der Waals surface area (Å²) in [5.74, 6) is 0. The molecule has 3 heterocycles. The summed E-state index contributed by atoms with van der Waals surface area (Å²) >= 11 is 12.8. The van der Waals surface area contributed by atoms with E-state index >= 15 is 0 Å². The van der Waals surface area contributed by atoms with Gasteiger partial charge in [-0.05, 0) is 33.8 Å². The molecule has 0 saturated carbocycles. The predicted octanol–water partition coefficient (Wildman–Crippen LogP) is 6.75. The normalized spacial score (nSPS) is 11.9. The Balaban J connectivity index is 0.00000182. The first-order valence-corrected chi connectivity index (χ1v) is 10.4. The number of nitrogens with zero attached hydrogens (tertiary/aromatic N) is 1. The minimum Gasteiger partial charge on any atom is -0.379 e. The molecule has 0 aromatic carbocycles. The maximum Gasteiger partial charge on any atom is 0.240 e. The molecule has 0 saturated heterocycles. The molecule has 0 unspecified atom stereocenters. The minimum absolute atomic E-state index is 0. The molecule has 0 fully saturated rings. The van der Waals surface area contributed by atoms with Crippen molar-refractivity contribution < 1.29 is 8.78 Å². The highest BCUT2D eigenvalue weighted by Crippen LogP contribution is 2.40. The van der Waals surface area contributed by atoms with Gasteiger partial charge in [-0.1, -0.05) is 17.7 Å². The van der Waals surface area contributed by atoms with Gasteiger partial charge in [-0.25, -0.2) is 13.8 Å². The molecule has 0 amide bonds. The number of hydrogen-bond donors (Lipinski definition) is 2. The summed E-state index contributed by atoms with van der Waals surface area (Å²) in [5.41, 5.74) is 7.44. The second-order valence-corrected chi connectivity index (χ2v) is 8.85. The summed E-state index contributed by atoms with van der Waals surface area (Å²) in [4.78, 5) is 6.48. The van der Waals surface area contributed by atoms with Crippen molar-refractivity contribution in [3.63, 3.8) is 0 Å². The maximum absolute atomic E-state index is 12.5. The molecule has 0 bridgehead atoms. The molecule has 27 heavy (non-hydrogen) atoms. The molecule has 3 aromatic heterocycles. The molecular weight excluding hydrogens is 523 g/mol. The first kappa shape index (κ1) is 24.8. The van der Waals surface area contributed by atoms with Gasteiger partial charge < -0.3 is 11.1 Å². The quantitative estimate of drug-likeness (QED) is 0.327. The number of aromatic nitrogens is 1. The first-order chi connectivity index (χ1) is 11.9. The third-order valence-electron chi connectivity index (χ3n) is 3.58. The number of rotatable bonds is 7. The van der Waals surface area contributed by atoms with Crippen molar-refractivity contribution in [2.75, 3.05) is 5.32 Å². The third kappa shape index (κ3) is 6.39. The van der Waals surface area contributed by atoms with Crippen molar-refractivity contribution >= 4 is 90.9 Å². The van der Waals surface area contributed by atoms with Gasteiger partial charge in [0.2, 0.25) is 6.43 Å². The van der Waals surface area contributed by atoms with Gasteiger partial charge in [0.15, 0.2) is 0 Å². The lowest BCUT2D eigenvalue weighted by atomic mass is 10.1. The number of thiophene rings is 2. The Labute approximate surface area is 189 Å². The molecule has 0 radical (unpaired) electrons. The fourth-order valence-electron chi connectivity index (χ4n) is 2.46. The van der Waals surface area contributed by atoms with Gasteiger partial charge in [0.05, 0.1) is 20.4 Å². The van der Waals surface area contributed by atoms with E-state index in [2.05, 4.69) is 32.3 Å². The molecule has 3 aromatic rings. The molecule has 150 valence electrons. The number of halogens is 6. The Kier molecular flexibility index (Phi) is 10.2. The largest absolute Gasteiger partial charge is 0.379 e. The average molecular weight is 540 g/mol. The van der Waals surface area contributed by atoms with Crippen molar-refractivity contribution in [3.05, 3.63) is 43.0 Å². The van der Waals surface area contributed by atoms with Crippen LogP contribution in [0, 0.1) is 0 Å². The van der Waals surface area contributed by atoms with E-state index in [1.807, 2.05) is 11.4 Å². The molecule has 0 aliphatic rings.